The van der Waals surface area contributed by atoms with Crippen molar-refractivity contribution in [3.63, 3.8) is 0 Å². The number of thiazole rings is 2. The highest BCUT2D eigenvalue weighted by Gasteiger charge is 2.08. The molecule has 12 nitrogen and oxygen atoms in total. The van der Waals surface area contributed by atoms with E-state index in [4.69, 9.17) is 47.9 Å². The van der Waals surface area contributed by atoms with E-state index in [9.17, 15) is 0 Å². The molecule has 0 atom stereocenters. The van der Waals surface area contributed by atoms with Crippen LogP contribution in [0.1, 0.15) is 57.2 Å². The predicted octanol–water partition coefficient (Wildman–Crippen LogP) is 14.1. The van der Waals surface area contributed by atoms with E-state index in [0.29, 0.717) is 29.1 Å². The molecule has 0 spiro atoms. The second-order valence-electron chi connectivity index (χ2n) is 18.8. The molecular weight excluding hydrogens is 1250 g/mol. The summed E-state index contributed by atoms with van der Waals surface area (Å²) in [6.07, 6.45) is 31.3. The number of terminal acetylenes is 3. The minimum Gasteiger partial charge on any atom is -0.384 e. The van der Waals surface area contributed by atoms with Gasteiger partial charge in [0, 0.05) is 56.8 Å². The van der Waals surface area contributed by atoms with Gasteiger partial charge in [0.1, 0.15) is 55.3 Å². The SMILES string of the molecule is C#C[Si](C)(C)C.C#Cc1ccc(N)nc1.C#Cc1ccc(N)nc1.CCc1ccc2nc(/C=C/C#Cc3ccc(N)nc3)sc2c1.CCc1ccc2nc(C=CBr)sc2c1.C[Si](C)(C)C#Cc1ccc(N)nc1.Nc1ccc(I)cn1. The zero-order valence-electron chi connectivity index (χ0n) is 46.7. The van der Waals surface area contributed by atoms with Crippen LogP contribution in [-0.4, -0.2) is 51.0 Å². The highest BCUT2D eigenvalue weighted by Crippen LogP contribution is 2.26. The van der Waals surface area contributed by atoms with Crippen LogP contribution in [0.3, 0.4) is 0 Å². The van der Waals surface area contributed by atoms with Gasteiger partial charge >= 0.3 is 0 Å². The van der Waals surface area contributed by atoms with Crippen molar-refractivity contribution in [2.75, 3.05) is 28.7 Å². The highest BCUT2D eigenvalue weighted by atomic mass is 127. The van der Waals surface area contributed by atoms with E-state index in [1.165, 1.54) is 20.5 Å². The normalized spacial score (nSPS) is 10.1. The average Bonchev–Trinajstić information content (AvgIpc) is 4.13. The second kappa shape index (κ2) is 35.5. The summed E-state index contributed by atoms with van der Waals surface area (Å²) in [5.74, 6) is 16.6. The van der Waals surface area contributed by atoms with Crippen LogP contribution >= 0.6 is 61.2 Å². The Hall–Kier alpha value is -8.11. The molecule has 0 saturated heterocycles. The molecule has 0 radical (unpaired) electrons. The average molecular weight is 1320 g/mol. The number of fused-ring (bicyclic) bond motifs is 2. The minimum absolute atomic E-state index is 0.494. The van der Waals surface area contributed by atoms with Gasteiger partial charge in [-0.15, -0.1) is 53.0 Å². The van der Waals surface area contributed by atoms with Crippen LogP contribution in [0.15, 0.2) is 139 Å². The number of aromatic nitrogens is 7. The molecule has 0 aliphatic heterocycles. The van der Waals surface area contributed by atoms with Gasteiger partial charge in [-0.3, -0.25) is 0 Å². The number of rotatable bonds is 4. The monoisotopic (exact) mass is 1320 g/mol. The molecule has 2 aromatic carbocycles. The van der Waals surface area contributed by atoms with Crippen LogP contribution in [0.2, 0.25) is 39.3 Å². The molecule has 7 heterocycles. The first-order chi connectivity index (χ1) is 38.5. The lowest BCUT2D eigenvalue weighted by Gasteiger charge is -2.03. The Labute approximate surface area is 510 Å². The summed E-state index contributed by atoms with van der Waals surface area (Å²) in [4.78, 5) is 30.3. The van der Waals surface area contributed by atoms with Crippen molar-refractivity contribution >= 4 is 139 Å². The lowest BCUT2D eigenvalue weighted by molar-refractivity contribution is 1.15. The zero-order valence-corrected chi connectivity index (χ0v) is 54.0. The van der Waals surface area contributed by atoms with E-state index in [1.807, 2.05) is 41.4 Å². The molecule has 0 amide bonds. The third-order valence-corrected chi connectivity index (χ3v) is 14.3. The van der Waals surface area contributed by atoms with Crippen molar-refractivity contribution in [3.05, 3.63) is 186 Å². The number of hydrogen-bond donors (Lipinski definition) is 5. The third-order valence-electron chi connectivity index (χ3n) is 9.73. The van der Waals surface area contributed by atoms with Gasteiger partial charge < -0.3 is 28.7 Å². The molecule has 9 aromatic rings. The first-order valence-electron chi connectivity index (χ1n) is 25.0. The van der Waals surface area contributed by atoms with Crippen molar-refractivity contribution in [2.45, 2.75) is 66.0 Å². The van der Waals surface area contributed by atoms with Crippen LogP contribution in [-0.2, 0) is 12.8 Å². The molecule has 412 valence electrons. The van der Waals surface area contributed by atoms with Gasteiger partial charge in [0.05, 0.1) is 20.4 Å². The van der Waals surface area contributed by atoms with Crippen molar-refractivity contribution < 1.29 is 0 Å². The first kappa shape index (κ1) is 67.2. The Bertz CT molecular complexity index is 3620. The number of nitrogen functional groups attached to an aromatic ring is 5. The van der Waals surface area contributed by atoms with Crippen molar-refractivity contribution in [1.82, 2.24) is 34.9 Å². The Morgan fingerprint density at radius 3 is 1.22 bits per heavy atom. The standard InChI is InChI=1S/C18H15N3S.C11H10BrNS.C10H14N2Si.2C7H6N2.C5H5IN2.C5H10Si/c1-2-13-7-9-15-16(11-13)22-18(21-15)6-4-3-5-14-8-10-17(19)20-12-14;1-2-8-3-4-9-10(7-8)14-11(13-9)5-6-12;1-13(2,3)7-6-9-4-5-10(11)12-8-9;2*1-2-6-3-4-7(8)9-5-6;6-4-1-2-5(7)8-3-4;1-5-6(2,3)4/h4,6-12H,2H2,1H3,(H2,19,20);3-7H,2H2,1H3;4-5,8H,1-3H3,(H2,11,12);2*1,3-5H,(H2,8,9);1-3H,(H2,7,8);1H,2-4H3/b6-4+;;;;;;. The fraction of sp³-hybridized carbons (Fsp3) is 0.159. The van der Waals surface area contributed by atoms with Crippen LogP contribution in [0, 0.1) is 63.5 Å². The smallest absolute Gasteiger partial charge is 0.129 e. The Morgan fingerprint density at radius 1 is 0.519 bits per heavy atom. The van der Waals surface area contributed by atoms with E-state index in [1.54, 1.807) is 96.1 Å². The quantitative estimate of drug-likeness (QED) is 0.0631. The molecule has 7 aromatic heterocycles. The van der Waals surface area contributed by atoms with Gasteiger partial charge in [0.25, 0.3) is 0 Å². The van der Waals surface area contributed by atoms with Crippen LogP contribution in [0.4, 0.5) is 29.1 Å². The van der Waals surface area contributed by atoms with Gasteiger partial charge in [0.15, 0.2) is 0 Å². The summed E-state index contributed by atoms with van der Waals surface area (Å²) in [5.41, 5.74) is 41.0. The minimum atomic E-state index is -1.27. The van der Waals surface area contributed by atoms with Crippen LogP contribution in [0.25, 0.3) is 32.6 Å². The van der Waals surface area contributed by atoms with Gasteiger partial charge in [-0.2, -0.15) is 0 Å². The van der Waals surface area contributed by atoms with Gasteiger partial charge in [-0.1, -0.05) is 111 Å². The number of allylic oxidation sites excluding steroid dienone is 1. The number of pyridine rings is 5. The number of aryl methyl sites for hydroxylation is 2. The van der Waals surface area contributed by atoms with Crippen molar-refractivity contribution in [1.29, 1.82) is 0 Å². The zero-order chi connectivity index (χ0) is 59.8. The largest absolute Gasteiger partial charge is 0.384 e. The number of anilines is 5. The molecular formula is C63H66BrIN12S2Si2. The van der Waals surface area contributed by atoms with Crippen molar-refractivity contribution in [2.24, 2.45) is 0 Å². The molecule has 0 saturated carbocycles. The second-order valence-corrected chi connectivity index (χ2v) is 32.2. The summed E-state index contributed by atoms with van der Waals surface area (Å²) >= 11 is 8.84. The van der Waals surface area contributed by atoms with Crippen LogP contribution < -0.4 is 28.7 Å². The highest BCUT2D eigenvalue weighted by molar-refractivity contribution is 14.1. The Kier molecular flexibility index (Phi) is 29.4. The number of hydrogen-bond acceptors (Lipinski definition) is 14. The third kappa shape index (κ3) is 28.6. The topological polar surface area (TPSA) is 220 Å². The lowest BCUT2D eigenvalue weighted by atomic mass is 10.2. The Balaban J connectivity index is 0.000000259. The van der Waals surface area contributed by atoms with E-state index in [2.05, 4.69) is 204 Å². The maximum atomic E-state index is 5.53. The molecule has 0 fully saturated rings. The van der Waals surface area contributed by atoms with E-state index in [0.717, 1.165) is 59.7 Å². The first-order valence-corrected chi connectivity index (χ1v) is 35.6. The summed E-state index contributed by atoms with van der Waals surface area (Å²) in [5, 5.41) is 2.01. The van der Waals surface area contributed by atoms with Crippen molar-refractivity contribution in [3.8, 4) is 60.0 Å². The molecule has 0 unspecified atom stereocenters. The molecule has 0 bridgehead atoms. The number of benzene rings is 2. The fourth-order valence-corrected chi connectivity index (χ4v) is 8.57. The molecule has 0 aliphatic rings. The molecule has 9 rings (SSSR count). The van der Waals surface area contributed by atoms with Gasteiger partial charge in [-0.25, -0.2) is 34.9 Å². The van der Waals surface area contributed by atoms with E-state index in [-0.39, 0.29) is 0 Å². The van der Waals surface area contributed by atoms with E-state index < -0.39 is 16.1 Å². The van der Waals surface area contributed by atoms with E-state index >= 15 is 0 Å². The summed E-state index contributed by atoms with van der Waals surface area (Å²) in [6, 6.07) is 30.7. The fourth-order valence-electron chi connectivity index (χ4n) is 5.43. The van der Waals surface area contributed by atoms with Crippen LogP contribution in [0.5, 0.6) is 0 Å². The number of nitrogens with two attached hydrogens (primary N) is 5. The molecule has 18 heteroatoms. The maximum Gasteiger partial charge on any atom is 0.129 e. The molecule has 81 heavy (non-hydrogen) atoms. The molecule has 0 aliphatic carbocycles. The predicted molar refractivity (Wildman–Crippen MR) is 366 cm³/mol. The summed E-state index contributed by atoms with van der Waals surface area (Å²) < 4.78 is 3.59. The number of nitrogens with zero attached hydrogens (tertiary/aromatic N) is 7. The van der Waals surface area contributed by atoms with Gasteiger partial charge in [-0.05, 0) is 155 Å². The number of halogens is 2. The molecule has 10 N–H and O–H groups in total. The van der Waals surface area contributed by atoms with Gasteiger partial charge in [0.2, 0.25) is 0 Å². The Morgan fingerprint density at radius 2 is 0.901 bits per heavy atom. The maximum absolute atomic E-state index is 5.53. The summed E-state index contributed by atoms with van der Waals surface area (Å²) in [7, 11) is -2.38. The lowest BCUT2D eigenvalue weighted by Crippen LogP contribution is -2.16. The summed E-state index contributed by atoms with van der Waals surface area (Å²) in [6.45, 7) is 17.4.